The van der Waals surface area contributed by atoms with Crippen LogP contribution in [0.25, 0.3) is 0 Å². The van der Waals surface area contributed by atoms with E-state index >= 15 is 0 Å². The van der Waals surface area contributed by atoms with Crippen molar-refractivity contribution in [3.8, 4) is 0 Å². The molecule has 1 aliphatic carbocycles. The topological polar surface area (TPSA) is 73.2 Å². The normalized spacial score (nSPS) is 14.0. The average Bonchev–Trinajstić information content (AvgIpc) is 3.12. The van der Waals surface area contributed by atoms with E-state index in [4.69, 9.17) is 4.74 Å². The molecule has 0 aliphatic heterocycles. The molecular formula is C15H19N3O3S. The van der Waals surface area contributed by atoms with Crippen molar-refractivity contribution in [1.82, 2.24) is 9.78 Å². The number of anilines is 1. The number of hydrogen-bond acceptors (Lipinski definition) is 4. The molecule has 3 rings (SSSR count). The van der Waals surface area contributed by atoms with Gasteiger partial charge < -0.3 is 4.74 Å². The lowest BCUT2D eigenvalue weighted by atomic mass is 10.1. The van der Waals surface area contributed by atoms with E-state index in [0.717, 1.165) is 24.8 Å². The second-order valence-electron chi connectivity index (χ2n) is 5.37. The number of aromatic nitrogens is 2. The van der Waals surface area contributed by atoms with E-state index in [9.17, 15) is 8.42 Å². The Morgan fingerprint density at radius 1 is 1.32 bits per heavy atom. The molecule has 1 aromatic heterocycles. The van der Waals surface area contributed by atoms with Crippen molar-refractivity contribution in [3.05, 3.63) is 41.7 Å². The summed E-state index contributed by atoms with van der Waals surface area (Å²) in [7, 11) is -1.96. The number of aryl methyl sites for hydroxylation is 2. The summed E-state index contributed by atoms with van der Waals surface area (Å²) in [5.41, 5.74) is 2.85. The van der Waals surface area contributed by atoms with Crippen molar-refractivity contribution >= 4 is 15.7 Å². The van der Waals surface area contributed by atoms with Crippen LogP contribution in [-0.2, 0) is 34.1 Å². The third-order valence-electron chi connectivity index (χ3n) is 3.79. The third-order valence-corrected chi connectivity index (χ3v) is 5.17. The standard InChI is InChI=1S/C15H19N3O3S/c1-21-8-7-18-11-14(10-16-18)17-22(19,20)15-6-5-12-3-2-4-13(12)9-15/h5-6,9-11,17H,2-4,7-8H2,1H3. The van der Waals surface area contributed by atoms with E-state index in [1.807, 2.05) is 6.07 Å². The van der Waals surface area contributed by atoms with Crippen LogP contribution in [0.3, 0.4) is 0 Å². The number of ether oxygens (including phenoxy) is 1. The lowest BCUT2D eigenvalue weighted by Gasteiger charge is -2.08. The molecule has 0 saturated heterocycles. The molecule has 0 fully saturated rings. The van der Waals surface area contributed by atoms with Gasteiger partial charge in [-0.2, -0.15) is 5.10 Å². The highest BCUT2D eigenvalue weighted by Gasteiger charge is 2.19. The minimum Gasteiger partial charge on any atom is -0.383 e. The predicted octanol–water partition coefficient (Wildman–Crippen LogP) is 1.82. The molecule has 22 heavy (non-hydrogen) atoms. The first-order chi connectivity index (χ1) is 10.6. The van der Waals surface area contributed by atoms with Crippen LogP contribution in [0.5, 0.6) is 0 Å². The zero-order valence-electron chi connectivity index (χ0n) is 12.4. The fourth-order valence-corrected chi connectivity index (χ4v) is 3.73. The first kappa shape index (κ1) is 15.1. The van der Waals surface area contributed by atoms with E-state index in [-0.39, 0.29) is 0 Å². The highest BCUT2D eigenvalue weighted by atomic mass is 32.2. The molecule has 0 spiro atoms. The Bertz CT molecular complexity index is 768. The van der Waals surface area contributed by atoms with Crippen LogP contribution in [-0.4, -0.2) is 31.9 Å². The summed E-state index contributed by atoms with van der Waals surface area (Å²) in [6.07, 6.45) is 6.24. The van der Waals surface area contributed by atoms with Gasteiger partial charge in [0, 0.05) is 13.3 Å². The maximum absolute atomic E-state index is 12.5. The molecule has 118 valence electrons. The van der Waals surface area contributed by atoms with Crippen molar-refractivity contribution in [2.45, 2.75) is 30.7 Å². The monoisotopic (exact) mass is 321 g/mol. The van der Waals surface area contributed by atoms with Crippen LogP contribution in [0.15, 0.2) is 35.5 Å². The van der Waals surface area contributed by atoms with Crippen molar-refractivity contribution in [3.63, 3.8) is 0 Å². The molecule has 0 bridgehead atoms. The van der Waals surface area contributed by atoms with E-state index in [2.05, 4.69) is 9.82 Å². The Morgan fingerprint density at radius 3 is 2.95 bits per heavy atom. The Kier molecular flexibility index (Phi) is 4.17. The lowest BCUT2D eigenvalue weighted by Crippen LogP contribution is -2.13. The zero-order chi connectivity index (χ0) is 15.6. The van der Waals surface area contributed by atoms with Crippen LogP contribution in [0.4, 0.5) is 5.69 Å². The van der Waals surface area contributed by atoms with Crippen LogP contribution in [0.1, 0.15) is 17.5 Å². The molecule has 1 aromatic carbocycles. The molecule has 1 heterocycles. The fourth-order valence-electron chi connectivity index (χ4n) is 2.65. The summed E-state index contributed by atoms with van der Waals surface area (Å²) in [4.78, 5) is 0.304. The fraction of sp³-hybridized carbons (Fsp3) is 0.400. The molecule has 0 unspecified atom stereocenters. The highest BCUT2D eigenvalue weighted by molar-refractivity contribution is 7.92. The van der Waals surface area contributed by atoms with Gasteiger partial charge in [0.1, 0.15) is 0 Å². The minimum atomic E-state index is -3.58. The van der Waals surface area contributed by atoms with Crippen molar-refractivity contribution in [2.75, 3.05) is 18.4 Å². The van der Waals surface area contributed by atoms with Gasteiger partial charge in [-0.3, -0.25) is 9.40 Å². The summed E-state index contributed by atoms with van der Waals surface area (Å²) < 4.78 is 34.1. The first-order valence-corrected chi connectivity index (χ1v) is 8.73. The summed E-state index contributed by atoms with van der Waals surface area (Å²) in [5, 5.41) is 4.10. The zero-order valence-corrected chi connectivity index (χ0v) is 13.3. The van der Waals surface area contributed by atoms with Gasteiger partial charge in [0.05, 0.1) is 29.9 Å². The predicted molar refractivity (Wildman–Crippen MR) is 83.4 cm³/mol. The van der Waals surface area contributed by atoms with E-state index < -0.39 is 10.0 Å². The second-order valence-corrected chi connectivity index (χ2v) is 7.06. The Morgan fingerprint density at radius 2 is 2.14 bits per heavy atom. The van der Waals surface area contributed by atoms with Gasteiger partial charge in [0.15, 0.2) is 0 Å². The largest absolute Gasteiger partial charge is 0.383 e. The molecule has 0 amide bonds. The Balaban J connectivity index is 1.77. The summed E-state index contributed by atoms with van der Waals surface area (Å²) in [6, 6.07) is 5.36. The molecule has 0 radical (unpaired) electrons. The second kappa shape index (κ2) is 6.10. The number of nitrogens with one attached hydrogen (secondary N) is 1. The molecule has 7 heteroatoms. The minimum absolute atomic E-state index is 0.304. The van der Waals surface area contributed by atoms with Crippen LogP contribution < -0.4 is 4.72 Å². The van der Waals surface area contributed by atoms with Crippen molar-refractivity contribution in [1.29, 1.82) is 0 Å². The van der Waals surface area contributed by atoms with Gasteiger partial charge in [-0.25, -0.2) is 8.42 Å². The quantitative estimate of drug-likeness (QED) is 0.881. The average molecular weight is 321 g/mol. The van der Waals surface area contributed by atoms with Gasteiger partial charge in [0.25, 0.3) is 10.0 Å². The van der Waals surface area contributed by atoms with Gasteiger partial charge >= 0.3 is 0 Å². The van der Waals surface area contributed by atoms with Crippen LogP contribution in [0, 0.1) is 0 Å². The van der Waals surface area contributed by atoms with E-state index in [1.54, 1.807) is 30.1 Å². The number of benzene rings is 1. The van der Waals surface area contributed by atoms with Gasteiger partial charge in [-0.15, -0.1) is 0 Å². The summed E-state index contributed by atoms with van der Waals surface area (Å²) in [5.74, 6) is 0. The number of fused-ring (bicyclic) bond motifs is 1. The maximum atomic E-state index is 12.5. The number of hydrogen-bond donors (Lipinski definition) is 1. The van der Waals surface area contributed by atoms with Crippen LogP contribution >= 0.6 is 0 Å². The number of rotatable bonds is 6. The Hall–Kier alpha value is -1.86. The van der Waals surface area contributed by atoms with E-state index in [1.165, 1.54) is 11.8 Å². The maximum Gasteiger partial charge on any atom is 0.262 e. The number of methoxy groups -OCH3 is 1. The molecule has 0 atom stereocenters. The first-order valence-electron chi connectivity index (χ1n) is 7.24. The van der Waals surface area contributed by atoms with Crippen LogP contribution in [0.2, 0.25) is 0 Å². The highest BCUT2D eigenvalue weighted by Crippen LogP contribution is 2.25. The molecule has 1 aliphatic rings. The van der Waals surface area contributed by atoms with Crippen molar-refractivity contribution < 1.29 is 13.2 Å². The van der Waals surface area contributed by atoms with Crippen molar-refractivity contribution in [2.24, 2.45) is 0 Å². The number of sulfonamides is 1. The summed E-state index contributed by atoms with van der Waals surface area (Å²) >= 11 is 0. The molecule has 6 nitrogen and oxygen atoms in total. The molecule has 0 saturated carbocycles. The smallest absolute Gasteiger partial charge is 0.262 e. The lowest BCUT2D eigenvalue weighted by molar-refractivity contribution is 0.183. The van der Waals surface area contributed by atoms with Gasteiger partial charge in [0.2, 0.25) is 0 Å². The van der Waals surface area contributed by atoms with Gasteiger partial charge in [-0.1, -0.05) is 6.07 Å². The summed E-state index contributed by atoms with van der Waals surface area (Å²) in [6.45, 7) is 1.11. The molecular weight excluding hydrogens is 302 g/mol. The van der Waals surface area contributed by atoms with Gasteiger partial charge in [-0.05, 0) is 42.5 Å². The van der Waals surface area contributed by atoms with E-state index in [0.29, 0.717) is 23.7 Å². The third kappa shape index (κ3) is 3.15. The SMILES string of the molecule is COCCn1cc(NS(=O)(=O)c2ccc3c(c2)CCC3)cn1. The molecule has 1 N–H and O–H groups in total. The molecule has 2 aromatic rings. The number of nitrogens with zero attached hydrogens (tertiary/aromatic N) is 2. The Labute approximate surface area is 130 Å².